The van der Waals surface area contributed by atoms with Crippen molar-refractivity contribution in [2.75, 3.05) is 19.6 Å². The first-order chi connectivity index (χ1) is 13.7. The minimum absolute atomic E-state index is 0.0893. The van der Waals surface area contributed by atoms with Crippen LogP contribution in [0.4, 0.5) is 13.2 Å². The molecule has 2 fully saturated rings. The fourth-order valence-electron chi connectivity index (χ4n) is 4.08. The SMILES string of the molecule is CC(C)CC(=O)N1CCC2(CC[C@H](CNC(=O)c3c(F)ccc(F)c3F)O2)CC1. The Morgan fingerprint density at radius 3 is 2.48 bits per heavy atom. The molecule has 1 atom stereocenters. The number of nitrogens with zero attached hydrogens (tertiary/aromatic N) is 1. The largest absolute Gasteiger partial charge is 0.370 e. The Kier molecular flexibility index (Phi) is 6.51. The Morgan fingerprint density at radius 2 is 1.83 bits per heavy atom. The third kappa shape index (κ3) is 4.91. The molecule has 3 rings (SSSR count). The van der Waals surface area contributed by atoms with E-state index in [4.69, 9.17) is 4.74 Å². The van der Waals surface area contributed by atoms with Crippen LogP contribution < -0.4 is 5.32 Å². The lowest BCUT2D eigenvalue weighted by Crippen LogP contribution is -2.47. The van der Waals surface area contributed by atoms with Crippen molar-refractivity contribution < 1.29 is 27.5 Å². The molecule has 2 aliphatic heterocycles. The normalized spacial score (nSPS) is 21.0. The maximum atomic E-state index is 13.7. The highest BCUT2D eigenvalue weighted by Crippen LogP contribution is 2.39. The van der Waals surface area contributed by atoms with Crippen molar-refractivity contribution in [2.45, 2.75) is 57.7 Å². The molecule has 1 aromatic rings. The van der Waals surface area contributed by atoms with E-state index in [1.807, 2.05) is 18.7 Å². The Morgan fingerprint density at radius 1 is 1.17 bits per heavy atom. The van der Waals surface area contributed by atoms with E-state index >= 15 is 0 Å². The zero-order valence-electron chi connectivity index (χ0n) is 16.8. The maximum Gasteiger partial charge on any atom is 0.257 e. The van der Waals surface area contributed by atoms with Crippen molar-refractivity contribution in [2.24, 2.45) is 5.92 Å². The second kappa shape index (κ2) is 8.73. The number of piperidine rings is 1. The van der Waals surface area contributed by atoms with Crippen molar-refractivity contribution in [3.8, 4) is 0 Å². The van der Waals surface area contributed by atoms with Crippen LogP contribution in [-0.2, 0) is 9.53 Å². The summed E-state index contributed by atoms with van der Waals surface area (Å²) in [6.45, 7) is 5.41. The van der Waals surface area contributed by atoms with Gasteiger partial charge in [0.15, 0.2) is 11.6 Å². The second-order valence-corrected chi connectivity index (χ2v) is 8.37. The molecule has 160 valence electrons. The van der Waals surface area contributed by atoms with Crippen molar-refractivity contribution in [1.29, 1.82) is 0 Å². The second-order valence-electron chi connectivity index (χ2n) is 8.37. The summed E-state index contributed by atoms with van der Waals surface area (Å²) in [6.07, 6.45) is 3.23. The summed E-state index contributed by atoms with van der Waals surface area (Å²) >= 11 is 0. The zero-order valence-corrected chi connectivity index (χ0v) is 16.8. The summed E-state index contributed by atoms with van der Waals surface area (Å²) in [6, 6.07) is 1.37. The molecule has 0 radical (unpaired) electrons. The van der Waals surface area contributed by atoms with Gasteiger partial charge in [0.2, 0.25) is 5.91 Å². The van der Waals surface area contributed by atoms with Gasteiger partial charge < -0.3 is 15.0 Å². The van der Waals surface area contributed by atoms with Gasteiger partial charge in [-0.1, -0.05) is 13.8 Å². The number of halogens is 3. The predicted octanol–water partition coefficient (Wildman–Crippen LogP) is 3.42. The molecule has 0 aliphatic carbocycles. The Labute approximate surface area is 168 Å². The summed E-state index contributed by atoms with van der Waals surface area (Å²) in [4.78, 5) is 26.2. The predicted molar refractivity (Wildman–Crippen MR) is 101 cm³/mol. The molecule has 0 unspecified atom stereocenters. The van der Waals surface area contributed by atoms with E-state index in [9.17, 15) is 22.8 Å². The van der Waals surface area contributed by atoms with E-state index in [2.05, 4.69) is 5.32 Å². The van der Waals surface area contributed by atoms with Gasteiger partial charge in [0.05, 0.1) is 11.7 Å². The van der Waals surface area contributed by atoms with Gasteiger partial charge in [0.1, 0.15) is 11.4 Å². The minimum atomic E-state index is -1.50. The lowest BCUT2D eigenvalue weighted by atomic mass is 9.88. The molecule has 5 nitrogen and oxygen atoms in total. The molecule has 2 amide bonds. The van der Waals surface area contributed by atoms with Gasteiger partial charge in [-0.05, 0) is 43.7 Å². The number of nitrogens with one attached hydrogen (secondary N) is 1. The number of rotatable bonds is 5. The molecule has 0 saturated carbocycles. The van der Waals surface area contributed by atoms with Crippen LogP contribution in [-0.4, -0.2) is 48.1 Å². The molecule has 2 aliphatic rings. The quantitative estimate of drug-likeness (QED) is 0.754. The first-order valence-corrected chi connectivity index (χ1v) is 10.1. The Hall–Kier alpha value is -2.09. The zero-order chi connectivity index (χ0) is 21.2. The first-order valence-electron chi connectivity index (χ1n) is 10.1. The Balaban J connectivity index is 1.50. The van der Waals surface area contributed by atoms with E-state index in [1.165, 1.54) is 0 Å². The molecule has 0 bridgehead atoms. The van der Waals surface area contributed by atoms with Crippen LogP contribution in [0.15, 0.2) is 12.1 Å². The summed E-state index contributed by atoms with van der Waals surface area (Å²) in [7, 11) is 0. The van der Waals surface area contributed by atoms with E-state index in [0.29, 0.717) is 37.9 Å². The van der Waals surface area contributed by atoms with Crippen LogP contribution in [0.3, 0.4) is 0 Å². The molecule has 2 saturated heterocycles. The lowest BCUT2D eigenvalue weighted by Gasteiger charge is -2.39. The highest BCUT2D eigenvalue weighted by atomic mass is 19.2. The molecule has 1 N–H and O–H groups in total. The van der Waals surface area contributed by atoms with Crippen molar-refractivity contribution in [3.63, 3.8) is 0 Å². The average Bonchev–Trinajstić information content (AvgIpc) is 3.06. The lowest BCUT2D eigenvalue weighted by molar-refractivity contribution is -0.138. The van der Waals surface area contributed by atoms with Crippen LogP contribution >= 0.6 is 0 Å². The van der Waals surface area contributed by atoms with Crippen molar-refractivity contribution in [3.05, 3.63) is 35.1 Å². The summed E-state index contributed by atoms with van der Waals surface area (Å²) in [5.74, 6) is -4.39. The van der Waals surface area contributed by atoms with Gasteiger partial charge in [-0.3, -0.25) is 9.59 Å². The van der Waals surface area contributed by atoms with Gasteiger partial charge in [-0.15, -0.1) is 0 Å². The minimum Gasteiger partial charge on any atom is -0.370 e. The Bertz CT molecular complexity index is 777. The molecule has 8 heteroatoms. The maximum absolute atomic E-state index is 13.7. The van der Waals surface area contributed by atoms with Crippen molar-refractivity contribution in [1.82, 2.24) is 10.2 Å². The number of hydrogen-bond acceptors (Lipinski definition) is 3. The van der Waals surface area contributed by atoms with E-state index in [0.717, 1.165) is 25.3 Å². The standard InChI is InChI=1S/C21H27F3N2O3/c1-13(2)11-17(27)26-9-7-21(8-10-26)6-5-14(29-21)12-25-20(28)18-15(22)3-4-16(23)19(18)24/h3-4,13-14H,5-12H2,1-2H3,(H,25,28)/t14-/m1/s1. The highest BCUT2D eigenvalue weighted by molar-refractivity contribution is 5.94. The fraction of sp³-hybridized carbons (Fsp3) is 0.619. The van der Waals surface area contributed by atoms with E-state index in [1.54, 1.807) is 0 Å². The average molecular weight is 412 g/mol. The van der Waals surface area contributed by atoms with Crippen LogP contribution in [0.25, 0.3) is 0 Å². The number of amides is 2. The number of carbonyl (C=O) groups excluding carboxylic acids is 2. The molecule has 1 aromatic carbocycles. The molecule has 0 aromatic heterocycles. The van der Waals surface area contributed by atoms with Crippen LogP contribution in [0.2, 0.25) is 0 Å². The van der Waals surface area contributed by atoms with E-state index < -0.39 is 28.9 Å². The third-order valence-corrected chi connectivity index (χ3v) is 5.71. The van der Waals surface area contributed by atoms with Crippen LogP contribution in [0, 0.1) is 23.4 Å². The van der Waals surface area contributed by atoms with Gasteiger partial charge >= 0.3 is 0 Å². The van der Waals surface area contributed by atoms with Gasteiger partial charge in [0, 0.05) is 26.1 Å². The van der Waals surface area contributed by atoms with Crippen LogP contribution in [0.1, 0.15) is 56.3 Å². The van der Waals surface area contributed by atoms with Gasteiger partial charge in [-0.25, -0.2) is 13.2 Å². The molecule has 2 heterocycles. The number of ether oxygens (including phenoxy) is 1. The monoisotopic (exact) mass is 412 g/mol. The summed E-state index contributed by atoms with van der Waals surface area (Å²) < 4.78 is 46.9. The molecular weight excluding hydrogens is 385 g/mol. The van der Waals surface area contributed by atoms with Gasteiger partial charge in [0.25, 0.3) is 5.91 Å². The third-order valence-electron chi connectivity index (χ3n) is 5.71. The van der Waals surface area contributed by atoms with E-state index in [-0.39, 0.29) is 24.2 Å². The number of benzene rings is 1. The fourth-order valence-corrected chi connectivity index (χ4v) is 4.08. The molecule has 1 spiro atoms. The molecular formula is C21H27F3N2O3. The molecule has 29 heavy (non-hydrogen) atoms. The first kappa shape index (κ1) is 21.6. The number of likely N-dealkylation sites (tertiary alicyclic amines) is 1. The summed E-state index contributed by atoms with van der Waals surface area (Å²) in [5, 5.41) is 2.45. The van der Waals surface area contributed by atoms with Crippen LogP contribution in [0.5, 0.6) is 0 Å². The smallest absolute Gasteiger partial charge is 0.257 e. The summed E-state index contributed by atoms with van der Waals surface area (Å²) in [5.41, 5.74) is -1.24. The van der Waals surface area contributed by atoms with Gasteiger partial charge in [-0.2, -0.15) is 0 Å². The topological polar surface area (TPSA) is 58.6 Å². The highest BCUT2D eigenvalue weighted by Gasteiger charge is 2.43. The number of carbonyl (C=O) groups is 2. The van der Waals surface area contributed by atoms with Crippen molar-refractivity contribution >= 4 is 11.8 Å². The number of hydrogen-bond donors (Lipinski definition) is 1.